The van der Waals surface area contributed by atoms with E-state index >= 15 is 0 Å². The Morgan fingerprint density at radius 1 is 1.08 bits per heavy atom. The quantitative estimate of drug-likeness (QED) is 0.662. The van der Waals surface area contributed by atoms with Gasteiger partial charge in [-0.2, -0.15) is 0 Å². The molecule has 1 rings (SSSR count). The van der Waals surface area contributed by atoms with Gasteiger partial charge in [0, 0.05) is 13.1 Å². The van der Waals surface area contributed by atoms with Gasteiger partial charge in [0.25, 0.3) is 0 Å². The summed E-state index contributed by atoms with van der Waals surface area (Å²) in [6, 6.07) is 0. The van der Waals surface area contributed by atoms with Gasteiger partial charge in [-0.1, -0.05) is 0 Å². The molecule has 0 saturated carbocycles. The molecule has 0 bridgehead atoms. The van der Waals surface area contributed by atoms with E-state index in [4.69, 9.17) is 9.47 Å². The zero-order chi connectivity index (χ0) is 18.8. The Bertz CT molecular complexity index is 458. The molecule has 140 valence electrons. The fraction of sp³-hybridized carbons (Fsp3) is 0.875. The maximum Gasteiger partial charge on any atom is 0.410 e. The average molecular weight is 346 g/mol. The third kappa shape index (κ3) is 6.26. The van der Waals surface area contributed by atoms with Crippen molar-refractivity contribution in [2.45, 2.75) is 77.5 Å². The first-order valence-electron chi connectivity index (χ1n) is 8.09. The normalized spacial score (nSPS) is 19.7. The van der Waals surface area contributed by atoms with Crippen LogP contribution in [0.2, 0.25) is 0 Å². The van der Waals surface area contributed by atoms with Crippen LogP contribution in [0.15, 0.2) is 0 Å². The smallest absolute Gasteiger partial charge is 0.410 e. The Morgan fingerprint density at radius 2 is 1.58 bits per heavy atom. The number of likely N-dealkylation sites (tertiary alicyclic amines) is 1. The lowest BCUT2D eigenvalue weighted by molar-refractivity contribution is -0.200. The zero-order valence-corrected chi connectivity index (χ0v) is 15.4. The van der Waals surface area contributed by atoms with Gasteiger partial charge in [0.2, 0.25) is 6.41 Å². The average Bonchev–Trinajstić information content (AvgIpc) is 2.34. The van der Waals surface area contributed by atoms with Gasteiger partial charge in [0.05, 0.1) is 5.60 Å². The second kappa shape index (κ2) is 7.25. The number of carboxylic acids is 1. The van der Waals surface area contributed by atoms with Crippen molar-refractivity contribution in [1.29, 1.82) is 0 Å². The van der Waals surface area contributed by atoms with Gasteiger partial charge < -0.3 is 24.6 Å². The minimum Gasteiger partial charge on any atom is -0.480 e. The molecule has 1 aliphatic heterocycles. The Morgan fingerprint density at radius 3 is 1.96 bits per heavy atom. The summed E-state index contributed by atoms with van der Waals surface area (Å²) in [6.45, 7) is 11.0. The number of carboxylic acid groups (broad SMARTS) is 1. The molecular formula is C16H30N2O6. The molecule has 0 aromatic carbocycles. The van der Waals surface area contributed by atoms with E-state index in [-0.39, 0.29) is 25.9 Å². The third-order valence-corrected chi connectivity index (χ3v) is 3.54. The molecule has 1 amide bonds. The molecular weight excluding hydrogens is 316 g/mol. The molecule has 8 heteroatoms. The van der Waals surface area contributed by atoms with E-state index in [1.54, 1.807) is 41.5 Å². The van der Waals surface area contributed by atoms with Gasteiger partial charge in [0.1, 0.15) is 11.1 Å². The van der Waals surface area contributed by atoms with Gasteiger partial charge >= 0.3 is 12.1 Å². The maximum absolute atomic E-state index is 12.1. The number of amides is 1. The van der Waals surface area contributed by atoms with E-state index in [9.17, 15) is 19.8 Å². The summed E-state index contributed by atoms with van der Waals surface area (Å²) in [5.41, 5.74) is -2.57. The summed E-state index contributed by atoms with van der Waals surface area (Å²) in [5.74, 6) is -1.08. The van der Waals surface area contributed by atoms with Crippen molar-refractivity contribution in [2.75, 3.05) is 13.1 Å². The van der Waals surface area contributed by atoms with Crippen molar-refractivity contribution in [1.82, 2.24) is 10.2 Å². The highest BCUT2D eigenvalue weighted by atomic mass is 16.6. The lowest BCUT2D eigenvalue weighted by Gasteiger charge is -2.41. The number of aliphatic hydroxyl groups excluding tert-OH is 1. The van der Waals surface area contributed by atoms with Crippen LogP contribution in [0.25, 0.3) is 0 Å². The number of carbonyl (C=O) groups excluding carboxylic acids is 1. The first kappa shape index (κ1) is 20.7. The standard InChI is InChI=1S/C16H30N2O6/c1-14(2,3)23-12(21)17-16(11(19)20)7-9-18(10-8-16)13(22)24-15(4,5)6/h12,17,21H,7-10H2,1-6H3,(H,19,20). The number of hydrogen-bond acceptors (Lipinski definition) is 6. The number of aliphatic hydroxyl groups is 1. The largest absolute Gasteiger partial charge is 0.480 e. The van der Waals surface area contributed by atoms with Gasteiger partial charge in [-0.05, 0) is 54.4 Å². The number of carbonyl (C=O) groups is 2. The van der Waals surface area contributed by atoms with Crippen molar-refractivity contribution >= 4 is 12.1 Å². The van der Waals surface area contributed by atoms with Gasteiger partial charge in [0.15, 0.2) is 0 Å². The van der Waals surface area contributed by atoms with Crippen molar-refractivity contribution in [3.63, 3.8) is 0 Å². The Balaban J connectivity index is 2.70. The predicted octanol–water partition coefficient (Wildman–Crippen LogP) is 1.52. The number of ether oxygens (including phenoxy) is 2. The van der Waals surface area contributed by atoms with Gasteiger partial charge in [-0.3, -0.25) is 10.1 Å². The SMILES string of the molecule is CC(C)(C)OC(=O)N1CCC(NC(O)OC(C)(C)C)(C(=O)O)CC1. The lowest BCUT2D eigenvalue weighted by atomic mass is 9.87. The summed E-state index contributed by atoms with van der Waals surface area (Å²) < 4.78 is 10.6. The Kier molecular flexibility index (Phi) is 6.24. The van der Waals surface area contributed by atoms with Gasteiger partial charge in [-0.25, -0.2) is 4.79 Å². The first-order chi connectivity index (χ1) is 10.7. The fourth-order valence-corrected chi connectivity index (χ4v) is 2.42. The minimum atomic E-state index is -1.41. The van der Waals surface area contributed by atoms with E-state index in [0.29, 0.717) is 0 Å². The van der Waals surface area contributed by atoms with Crippen LogP contribution in [0.5, 0.6) is 0 Å². The van der Waals surface area contributed by atoms with Gasteiger partial charge in [-0.15, -0.1) is 0 Å². The van der Waals surface area contributed by atoms with E-state index in [0.717, 1.165) is 0 Å². The van der Waals surface area contributed by atoms with Crippen LogP contribution in [-0.2, 0) is 14.3 Å². The zero-order valence-electron chi connectivity index (χ0n) is 15.4. The highest BCUT2D eigenvalue weighted by Crippen LogP contribution is 2.25. The van der Waals surface area contributed by atoms with E-state index in [2.05, 4.69) is 5.32 Å². The molecule has 24 heavy (non-hydrogen) atoms. The van der Waals surface area contributed by atoms with Crippen molar-refractivity contribution < 1.29 is 29.3 Å². The van der Waals surface area contributed by atoms with Crippen molar-refractivity contribution in [2.24, 2.45) is 0 Å². The topological polar surface area (TPSA) is 108 Å². The molecule has 1 atom stereocenters. The summed E-state index contributed by atoms with van der Waals surface area (Å²) in [6.07, 6.45) is -1.58. The summed E-state index contributed by atoms with van der Waals surface area (Å²) >= 11 is 0. The molecule has 1 heterocycles. The number of hydrogen-bond donors (Lipinski definition) is 3. The Labute approximate surface area is 143 Å². The molecule has 1 aliphatic rings. The molecule has 3 N–H and O–H groups in total. The van der Waals surface area contributed by atoms with Crippen LogP contribution >= 0.6 is 0 Å². The third-order valence-electron chi connectivity index (χ3n) is 3.54. The summed E-state index contributed by atoms with van der Waals surface area (Å²) in [5, 5.41) is 22.2. The highest BCUT2D eigenvalue weighted by molar-refractivity contribution is 5.79. The first-order valence-corrected chi connectivity index (χ1v) is 8.09. The Hall–Kier alpha value is -1.38. The second-order valence-electron chi connectivity index (χ2n) is 8.08. The fourth-order valence-electron chi connectivity index (χ4n) is 2.42. The minimum absolute atomic E-state index is 0.145. The monoisotopic (exact) mass is 346 g/mol. The van der Waals surface area contributed by atoms with Crippen LogP contribution in [0, 0.1) is 0 Å². The molecule has 0 aromatic heterocycles. The molecule has 0 radical (unpaired) electrons. The number of aliphatic carboxylic acids is 1. The maximum atomic E-state index is 12.1. The number of nitrogens with zero attached hydrogens (tertiary/aromatic N) is 1. The van der Waals surface area contributed by atoms with Crippen LogP contribution in [0.4, 0.5) is 4.79 Å². The van der Waals surface area contributed by atoms with Crippen molar-refractivity contribution in [3.8, 4) is 0 Å². The molecule has 0 aromatic rings. The molecule has 1 unspecified atom stereocenters. The summed E-state index contributed by atoms with van der Waals surface area (Å²) in [4.78, 5) is 25.3. The lowest BCUT2D eigenvalue weighted by Crippen LogP contribution is -2.62. The number of nitrogens with one attached hydrogen (secondary N) is 1. The van der Waals surface area contributed by atoms with Crippen LogP contribution in [-0.4, -0.2) is 63.4 Å². The number of piperidine rings is 1. The molecule has 0 spiro atoms. The van der Waals surface area contributed by atoms with Crippen molar-refractivity contribution in [3.05, 3.63) is 0 Å². The molecule has 1 fully saturated rings. The van der Waals surface area contributed by atoms with E-state index < -0.39 is 35.2 Å². The van der Waals surface area contributed by atoms with Crippen LogP contribution < -0.4 is 5.32 Å². The molecule has 8 nitrogen and oxygen atoms in total. The number of rotatable bonds is 4. The highest BCUT2D eigenvalue weighted by Gasteiger charge is 2.44. The predicted molar refractivity (Wildman–Crippen MR) is 87.4 cm³/mol. The van der Waals surface area contributed by atoms with E-state index in [1.807, 2.05) is 0 Å². The molecule has 1 saturated heterocycles. The molecule has 0 aliphatic carbocycles. The van der Waals surface area contributed by atoms with E-state index in [1.165, 1.54) is 4.90 Å². The summed E-state index contributed by atoms with van der Waals surface area (Å²) in [7, 11) is 0. The van der Waals surface area contributed by atoms with Crippen LogP contribution in [0.3, 0.4) is 0 Å². The van der Waals surface area contributed by atoms with Crippen LogP contribution in [0.1, 0.15) is 54.4 Å². The second-order valence-corrected chi connectivity index (χ2v) is 8.08.